The molecular weight excluding hydrogens is 174 g/mol. The molecule has 0 aromatic heterocycles. The Morgan fingerprint density at radius 3 is 2.64 bits per heavy atom. The molecule has 74 valence electrons. The Balaban J connectivity index is 2.02. The monoisotopic (exact) mass is 189 g/mol. The van der Waals surface area contributed by atoms with E-state index in [2.05, 4.69) is 10.3 Å². The molecule has 0 aliphatic carbocycles. The summed E-state index contributed by atoms with van der Waals surface area (Å²) in [4.78, 5) is 4.35. The molecular formula is C11H15N3. The van der Waals surface area contributed by atoms with E-state index in [1.165, 1.54) is 6.42 Å². The van der Waals surface area contributed by atoms with Gasteiger partial charge in [-0.1, -0.05) is 12.1 Å². The van der Waals surface area contributed by atoms with Gasteiger partial charge in [0.2, 0.25) is 0 Å². The Bertz CT molecular complexity index is 327. The van der Waals surface area contributed by atoms with Crippen molar-refractivity contribution in [1.82, 2.24) is 0 Å². The van der Waals surface area contributed by atoms with Crippen molar-refractivity contribution >= 4 is 11.5 Å². The van der Waals surface area contributed by atoms with Crippen LogP contribution in [0.15, 0.2) is 29.3 Å². The molecule has 0 unspecified atom stereocenters. The Morgan fingerprint density at radius 1 is 1.29 bits per heavy atom. The van der Waals surface area contributed by atoms with Gasteiger partial charge in [-0.05, 0) is 24.1 Å². The minimum Gasteiger partial charge on any atom is -0.344 e. The minimum absolute atomic E-state index is 0.598. The van der Waals surface area contributed by atoms with Gasteiger partial charge in [-0.2, -0.15) is 0 Å². The van der Waals surface area contributed by atoms with Crippen LogP contribution in [0.1, 0.15) is 18.4 Å². The van der Waals surface area contributed by atoms with Crippen molar-refractivity contribution in [2.24, 2.45) is 10.7 Å². The molecule has 3 N–H and O–H groups in total. The first-order valence-electron chi connectivity index (χ1n) is 4.98. The summed E-state index contributed by atoms with van der Waals surface area (Å²) in [5.41, 5.74) is 7.78. The zero-order chi connectivity index (χ0) is 9.80. The maximum atomic E-state index is 5.52. The largest absolute Gasteiger partial charge is 0.344 e. The summed E-state index contributed by atoms with van der Waals surface area (Å²) >= 11 is 0. The number of nitrogens with two attached hydrogens (primary N) is 1. The summed E-state index contributed by atoms with van der Waals surface area (Å²) < 4.78 is 0. The smallest absolute Gasteiger partial charge is 0.101 e. The van der Waals surface area contributed by atoms with Crippen LogP contribution in [0.25, 0.3) is 0 Å². The molecule has 14 heavy (non-hydrogen) atoms. The van der Waals surface area contributed by atoms with Crippen molar-refractivity contribution in [3.63, 3.8) is 0 Å². The van der Waals surface area contributed by atoms with Gasteiger partial charge in [-0.15, -0.1) is 0 Å². The van der Waals surface area contributed by atoms with Crippen LogP contribution in [0.2, 0.25) is 0 Å². The predicted octanol–water partition coefficient (Wildman–Crippen LogP) is 1.75. The number of amidine groups is 1. The van der Waals surface area contributed by atoms with Crippen molar-refractivity contribution in [1.29, 1.82) is 0 Å². The lowest BCUT2D eigenvalue weighted by atomic mass is 10.2. The second-order valence-electron chi connectivity index (χ2n) is 3.46. The molecule has 0 spiro atoms. The molecule has 0 saturated carbocycles. The van der Waals surface area contributed by atoms with Crippen LogP contribution >= 0.6 is 0 Å². The molecule has 1 heterocycles. The highest BCUT2D eigenvalue weighted by Gasteiger charge is 2.05. The van der Waals surface area contributed by atoms with Gasteiger partial charge in [-0.3, -0.25) is 4.99 Å². The van der Waals surface area contributed by atoms with Crippen LogP contribution in [0, 0.1) is 0 Å². The summed E-state index contributed by atoms with van der Waals surface area (Å²) in [6.07, 6.45) is 2.24. The summed E-state index contributed by atoms with van der Waals surface area (Å²) in [6.45, 7) is 1.56. The van der Waals surface area contributed by atoms with E-state index in [9.17, 15) is 0 Å². The molecule has 0 fully saturated rings. The van der Waals surface area contributed by atoms with Gasteiger partial charge in [0, 0.05) is 25.2 Å². The fourth-order valence-corrected chi connectivity index (χ4v) is 1.53. The number of nitrogens with zero attached hydrogens (tertiary/aromatic N) is 1. The fraction of sp³-hybridized carbons (Fsp3) is 0.364. The van der Waals surface area contributed by atoms with Gasteiger partial charge in [0.1, 0.15) is 5.84 Å². The first-order valence-corrected chi connectivity index (χ1v) is 4.98. The van der Waals surface area contributed by atoms with E-state index in [-0.39, 0.29) is 0 Å². The van der Waals surface area contributed by atoms with Crippen molar-refractivity contribution in [2.75, 3.05) is 11.9 Å². The Hall–Kier alpha value is -1.35. The SMILES string of the molecule is NCc1ccc(NC2=NCCC2)cc1. The van der Waals surface area contributed by atoms with Gasteiger partial charge >= 0.3 is 0 Å². The second-order valence-corrected chi connectivity index (χ2v) is 3.46. The zero-order valence-corrected chi connectivity index (χ0v) is 8.16. The van der Waals surface area contributed by atoms with E-state index < -0.39 is 0 Å². The van der Waals surface area contributed by atoms with Crippen LogP contribution in [0.4, 0.5) is 5.69 Å². The normalized spacial score (nSPS) is 15.4. The number of benzene rings is 1. The van der Waals surface area contributed by atoms with Crippen LogP contribution in [0.5, 0.6) is 0 Å². The molecule has 0 bridgehead atoms. The maximum absolute atomic E-state index is 5.52. The average molecular weight is 189 g/mol. The summed E-state index contributed by atoms with van der Waals surface area (Å²) in [5, 5.41) is 3.30. The minimum atomic E-state index is 0.598. The van der Waals surface area contributed by atoms with E-state index in [0.717, 1.165) is 30.1 Å². The molecule has 1 aromatic rings. The lowest BCUT2D eigenvalue weighted by Crippen LogP contribution is -2.08. The third kappa shape index (κ3) is 2.12. The quantitative estimate of drug-likeness (QED) is 0.744. The predicted molar refractivity (Wildman–Crippen MR) is 59.5 cm³/mol. The number of nitrogens with one attached hydrogen (secondary N) is 1. The first kappa shape index (κ1) is 9.21. The summed E-state index contributed by atoms with van der Waals surface area (Å²) in [5.74, 6) is 1.10. The third-order valence-corrected chi connectivity index (χ3v) is 2.35. The fourth-order valence-electron chi connectivity index (χ4n) is 1.53. The summed E-state index contributed by atoms with van der Waals surface area (Å²) in [6, 6.07) is 8.17. The van der Waals surface area contributed by atoms with Crippen LogP contribution in [-0.4, -0.2) is 12.4 Å². The molecule has 0 saturated heterocycles. The second kappa shape index (κ2) is 4.24. The topological polar surface area (TPSA) is 50.4 Å². The van der Waals surface area contributed by atoms with E-state index in [4.69, 9.17) is 5.73 Å². The molecule has 3 nitrogen and oxygen atoms in total. The van der Waals surface area contributed by atoms with E-state index in [1.54, 1.807) is 0 Å². The van der Waals surface area contributed by atoms with Crippen molar-refractivity contribution in [3.8, 4) is 0 Å². The number of rotatable bonds is 2. The molecule has 1 aliphatic rings. The molecule has 3 heteroatoms. The van der Waals surface area contributed by atoms with Gasteiger partial charge < -0.3 is 11.1 Å². The first-order chi connectivity index (χ1) is 6.88. The standard InChI is InChI=1S/C11H15N3/c12-8-9-3-5-10(6-4-9)14-11-2-1-7-13-11/h3-6H,1-2,7-8,12H2,(H,13,14). The van der Waals surface area contributed by atoms with Crippen molar-refractivity contribution in [2.45, 2.75) is 19.4 Å². The highest BCUT2D eigenvalue weighted by atomic mass is 15.0. The van der Waals surface area contributed by atoms with Gasteiger partial charge in [0.05, 0.1) is 0 Å². The van der Waals surface area contributed by atoms with E-state index in [1.807, 2.05) is 24.3 Å². The molecule has 1 aromatic carbocycles. The molecule has 0 radical (unpaired) electrons. The number of aliphatic imine (C=N–C) groups is 1. The van der Waals surface area contributed by atoms with Gasteiger partial charge in [-0.25, -0.2) is 0 Å². The van der Waals surface area contributed by atoms with Crippen molar-refractivity contribution < 1.29 is 0 Å². The van der Waals surface area contributed by atoms with E-state index >= 15 is 0 Å². The number of hydrogen-bond donors (Lipinski definition) is 2. The number of anilines is 1. The highest BCUT2D eigenvalue weighted by molar-refractivity contribution is 5.96. The Kier molecular flexibility index (Phi) is 2.79. The van der Waals surface area contributed by atoms with Gasteiger partial charge in [0.15, 0.2) is 0 Å². The van der Waals surface area contributed by atoms with Crippen LogP contribution < -0.4 is 11.1 Å². The van der Waals surface area contributed by atoms with Crippen LogP contribution in [-0.2, 0) is 6.54 Å². The maximum Gasteiger partial charge on any atom is 0.101 e. The Morgan fingerprint density at radius 2 is 2.07 bits per heavy atom. The highest BCUT2D eigenvalue weighted by Crippen LogP contribution is 2.12. The zero-order valence-electron chi connectivity index (χ0n) is 8.16. The molecule has 0 atom stereocenters. The molecule has 1 aliphatic heterocycles. The molecule has 0 amide bonds. The van der Waals surface area contributed by atoms with Gasteiger partial charge in [0.25, 0.3) is 0 Å². The lowest BCUT2D eigenvalue weighted by molar-refractivity contribution is 0.951. The van der Waals surface area contributed by atoms with Crippen molar-refractivity contribution in [3.05, 3.63) is 29.8 Å². The lowest BCUT2D eigenvalue weighted by Gasteiger charge is -2.05. The summed E-state index contributed by atoms with van der Waals surface area (Å²) in [7, 11) is 0. The van der Waals surface area contributed by atoms with Crippen LogP contribution in [0.3, 0.4) is 0 Å². The average Bonchev–Trinajstić information content (AvgIpc) is 2.72. The van der Waals surface area contributed by atoms with E-state index in [0.29, 0.717) is 6.54 Å². The Labute approximate surface area is 84.0 Å². The third-order valence-electron chi connectivity index (χ3n) is 2.35. The molecule has 2 rings (SSSR count). The number of hydrogen-bond acceptors (Lipinski definition) is 3.